The number of methoxy groups -OCH3 is 1. The molecule has 1 aliphatic rings. The molecule has 2 aromatic rings. The highest BCUT2D eigenvalue weighted by Crippen LogP contribution is 2.35. The standard InChI is InChI=1S/C24H24ClNO6S/c1-15(2)13-32-22(27)12-26-23(28)21(33-24(26)29)11-16-8-9-19(20(10-16)30-3)31-14-17-6-4-5-7-18(17)25/h4-11,15H,12-14H2,1-3H3/b21-11+. The number of hydrogen-bond acceptors (Lipinski definition) is 7. The molecule has 1 heterocycles. The molecule has 2 aromatic carbocycles. The molecule has 7 nitrogen and oxygen atoms in total. The third-order valence-corrected chi connectivity index (χ3v) is 5.84. The summed E-state index contributed by atoms with van der Waals surface area (Å²) in [5, 5.41) is 0.0938. The summed E-state index contributed by atoms with van der Waals surface area (Å²) >= 11 is 6.94. The first-order chi connectivity index (χ1) is 15.8. The van der Waals surface area contributed by atoms with Crippen molar-refractivity contribution < 1.29 is 28.6 Å². The Hall–Kier alpha value is -2.97. The number of carbonyl (C=O) groups is 3. The number of esters is 1. The minimum Gasteiger partial charge on any atom is -0.493 e. The van der Waals surface area contributed by atoms with E-state index in [0.717, 1.165) is 22.2 Å². The number of nitrogens with zero attached hydrogens (tertiary/aromatic N) is 1. The van der Waals surface area contributed by atoms with Gasteiger partial charge >= 0.3 is 5.97 Å². The number of hydrogen-bond donors (Lipinski definition) is 0. The van der Waals surface area contributed by atoms with E-state index in [1.165, 1.54) is 7.11 Å². The van der Waals surface area contributed by atoms with E-state index in [1.807, 2.05) is 32.0 Å². The maximum Gasteiger partial charge on any atom is 0.326 e. The molecule has 1 fully saturated rings. The van der Waals surface area contributed by atoms with Crippen LogP contribution < -0.4 is 9.47 Å². The monoisotopic (exact) mass is 489 g/mol. The van der Waals surface area contributed by atoms with Crippen LogP contribution in [0.15, 0.2) is 47.4 Å². The van der Waals surface area contributed by atoms with E-state index in [0.29, 0.717) is 22.1 Å². The van der Waals surface area contributed by atoms with Crippen LogP contribution in [-0.2, 0) is 20.9 Å². The molecular weight excluding hydrogens is 466 g/mol. The predicted molar refractivity (Wildman–Crippen MR) is 127 cm³/mol. The molecule has 0 spiro atoms. The highest BCUT2D eigenvalue weighted by molar-refractivity contribution is 8.18. The van der Waals surface area contributed by atoms with Crippen molar-refractivity contribution in [1.82, 2.24) is 4.90 Å². The van der Waals surface area contributed by atoms with Crippen molar-refractivity contribution >= 4 is 46.6 Å². The summed E-state index contributed by atoms with van der Waals surface area (Å²) in [5.74, 6) is -0.0170. The minimum atomic E-state index is -0.617. The summed E-state index contributed by atoms with van der Waals surface area (Å²) in [6.07, 6.45) is 1.57. The van der Waals surface area contributed by atoms with Crippen molar-refractivity contribution in [2.24, 2.45) is 5.92 Å². The molecule has 0 N–H and O–H groups in total. The molecule has 9 heteroatoms. The zero-order valence-corrected chi connectivity index (χ0v) is 20.1. The number of amides is 2. The van der Waals surface area contributed by atoms with Crippen molar-refractivity contribution in [2.45, 2.75) is 20.5 Å². The number of imide groups is 1. The second-order valence-corrected chi connectivity index (χ2v) is 9.04. The second kappa shape index (κ2) is 11.2. The van der Waals surface area contributed by atoms with Crippen LogP contribution in [0.3, 0.4) is 0 Å². The van der Waals surface area contributed by atoms with Gasteiger partial charge in [-0.2, -0.15) is 0 Å². The molecule has 174 valence electrons. The molecule has 1 saturated heterocycles. The maximum atomic E-state index is 12.6. The maximum absolute atomic E-state index is 12.6. The van der Waals surface area contributed by atoms with Gasteiger partial charge in [-0.1, -0.05) is 49.7 Å². The van der Waals surface area contributed by atoms with Crippen LogP contribution in [-0.4, -0.2) is 42.3 Å². The Labute approximate surface area is 201 Å². The molecule has 0 aromatic heterocycles. The van der Waals surface area contributed by atoms with Gasteiger partial charge in [-0.25, -0.2) is 0 Å². The zero-order chi connectivity index (χ0) is 24.0. The smallest absolute Gasteiger partial charge is 0.326 e. The molecule has 33 heavy (non-hydrogen) atoms. The first kappa shape index (κ1) is 24.7. The Morgan fingerprint density at radius 1 is 1.15 bits per heavy atom. The van der Waals surface area contributed by atoms with Crippen LogP contribution in [0.25, 0.3) is 6.08 Å². The zero-order valence-electron chi connectivity index (χ0n) is 18.5. The first-order valence-electron chi connectivity index (χ1n) is 10.2. The van der Waals surface area contributed by atoms with Crippen molar-refractivity contribution in [3.8, 4) is 11.5 Å². The number of ether oxygens (including phenoxy) is 3. The summed E-state index contributed by atoms with van der Waals surface area (Å²) in [4.78, 5) is 37.9. The lowest BCUT2D eigenvalue weighted by atomic mass is 10.1. The summed E-state index contributed by atoms with van der Waals surface area (Å²) in [5.41, 5.74) is 1.48. The number of benzene rings is 2. The van der Waals surface area contributed by atoms with Gasteiger partial charge in [0.15, 0.2) is 11.5 Å². The number of carbonyl (C=O) groups excluding carboxylic acids is 3. The SMILES string of the molecule is COc1cc(/C=C2/SC(=O)N(CC(=O)OCC(C)C)C2=O)ccc1OCc1ccccc1Cl. The van der Waals surface area contributed by atoms with Gasteiger partial charge < -0.3 is 14.2 Å². The fourth-order valence-corrected chi connectivity index (χ4v) is 3.91. The summed E-state index contributed by atoms with van der Waals surface area (Å²) in [6.45, 7) is 3.89. The van der Waals surface area contributed by atoms with Crippen LogP contribution >= 0.6 is 23.4 Å². The number of thioether (sulfide) groups is 1. The van der Waals surface area contributed by atoms with Gasteiger partial charge in [0, 0.05) is 10.6 Å². The quantitative estimate of drug-likeness (QED) is 0.355. The largest absolute Gasteiger partial charge is 0.493 e. The molecule has 0 unspecified atom stereocenters. The van der Waals surface area contributed by atoms with Crippen LogP contribution in [0.5, 0.6) is 11.5 Å². The normalized spacial score (nSPS) is 14.8. The number of rotatable bonds is 9. The van der Waals surface area contributed by atoms with Crippen LogP contribution in [0.2, 0.25) is 5.02 Å². The van der Waals surface area contributed by atoms with Crippen molar-refractivity contribution in [1.29, 1.82) is 0 Å². The van der Waals surface area contributed by atoms with E-state index in [9.17, 15) is 14.4 Å². The first-order valence-corrected chi connectivity index (χ1v) is 11.4. The van der Waals surface area contributed by atoms with Gasteiger partial charge in [-0.3, -0.25) is 19.3 Å². The Kier molecular flexibility index (Phi) is 8.41. The molecule has 2 amide bonds. The van der Waals surface area contributed by atoms with Gasteiger partial charge in [0.25, 0.3) is 11.1 Å². The third-order valence-electron chi connectivity index (χ3n) is 4.56. The molecule has 0 saturated carbocycles. The number of halogens is 1. The Bertz CT molecular complexity index is 1080. The minimum absolute atomic E-state index is 0.162. The molecular formula is C24H24ClNO6S. The van der Waals surface area contributed by atoms with E-state index >= 15 is 0 Å². The van der Waals surface area contributed by atoms with Crippen molar-refractivity contribution in [2.75, 3.05) is 20.3 Å². The van der Waals surface area contributed by atoms with E-state index in [-0.39, 0.29) is 24.0 Å². The van der Waals surface area contributed by atoms with E-state index < -0.39 is 23.7 Å². The van der Waals surface area contributed by atoms with Crippen LogP contribution in [0.4, 0.5) is 4.79 Å². The van der Waals surface area contributed by atoms with E-state index in [1.54, 1.807) is 30.3 Å². The van der Waals surface area contributed by atoms with Gasteiger partial charge in [-0.05, 0) is 47.5 Å². The fourth-order valence-electron chi connectivity index (χ4n) is 2.89. The van der Waals surface area contributed by atoms with E-state index in [4.69, 9.17) is 25.8 Å². The molecule has 0 aliphatic carbocycles. The Morgan fingerprint density at radius 3 is 2.61 bits per heavy atom. The lowest BCUT2D eigenvalue weighted by Crippen LogP contribution is -2.34. The average molecular weight is 490 g/mol. The van der Waals surface area contributed by atoms with Gasteiger partial charge in [-0.15, -0.1) is 0 Å². The van der Waals surface area contributed by atoms with Gasteiger partial charge in [0.05, 0.1) is 18.6 Å². The topological polar surface area (TPSA) is 82.1 Å². The molecule has 0 atom stereocenters. The lowest BCUT2D eigenvalue weighted by molar-refractivity contribution is -0.147. The average Bonchev–Trinajstić information content (AvgIpc) is 3.04. The lowest BCUT2D eigenvalue weighted by Gasteiger charge is -2.13. The van der Waals surface area contributed by atoms with Crippen LogP contribution in [0, 0.1) is 5.92 Å². The van der Waals surface area contributed by atoms with Crippen LogP contribution in [0.1, 0.15) is 25.0 Å². The van der Waals surface area contributed by atoms with Crippen molar-refractivity contribution in [3.05, 3.63) is 63.5 Å². The third kappa shape index (κ3) is 6.52. The van der Waals surface area contributed by atoms with E-state index in [2.05, 4.69) is 0 Å². The molecule has 1 aliphatic heterocycles. The van der Waals surface area contributed by atoms with Crippen molar-refractivity contribution in [3.63, 3.8) is 0 Å². The Morgan fingerprint density at radius 2 is 1.91 bits per heavy atom. The van der Waals surface area contributed by atoms with Gasteiger partial charge in [0.2, 0.25) is 0 Å². The molecule has 0 bridgehead atoms. The highest BCUT2D eigenvalue weighted by Gasteiger charge is 2.36. The summed E-state index contributed by atoms with van der Waals surface area (Å²) in [7, 11) is 1.51. The predicted octanol–water partition coefficient (Wildman–Crippen LogP) is 5.16. The highest BCUT2D eigenvalue weighted by atomic mass is 35.5. The summed E-state index contributed by atoms with van der Waals surface area (Å²) in [6, 6.07) is 12.5. The fraction of sp³-hybridized carbons (Fsp3) is 0.292. The Balaban J connectivity index is 1.69. The van der Waals surface area contributed by atoms with Gasteiger partial charge in [0.1, 0.15) is 13.2 Å². The molecule has 3 rings (SSSR count). The molecule has 0 radical (unpaired) electrons. The summed E-state index contributed by atoms with van der Waals surface area (Å²) < 4.78 is 16.3. The second-order valence-electron chi connectivity index (χ2n) is 7.64.